The van der Waals surface area contributed by atoms with Crippen molar-refractivity contribution in [2.24, 2.45) is 5.73 Å². The number of carbonyl (C=O) groups is 1. The number of rotatable bonds is 7. The number of fused-ring (bicyclic) bond motifs is 1. The van der Waals surface area contributed by atoms with Gasteiger partial charge < -0.3 is 16.2 Å². The van der Waals surface area contributed by atoms with E-state index in [-0.39, 0.29) is 23.6 Å². The zero-order valence-corrected chi connectivity index (χ0v) is 17.5. The second-order valence-electron chi connectivity index (χ2n) is 7.34. The largest absolute Gasteiger partial charge is 0.428 e. The summed E-state index contributed by atoms with van der Waals surface area (Å²) < 4.78 is 69.0. The van der Waals surface area contributed by atoms with Crippen LogP contribution in [0.25, 0.3) is 17.2 Å². The van der Waals surface area contributed by atoms with Crippen molar-refractivity contribution in [3.63, 3.8) is 0 Å². The van der Waals surface area contributed by atoms with E-state index in [1.54, 1.807) is 12.1 Å². The van der Waals surface area contributed by atoms with Crippen molar-refractivity contribution in [1.29, 1.82) is 0 Å². The van der Waals surface area contributed by atoms with Crippen molar-refractivity contribution in [3.8, 4) is 11.5 Å². The fourth-order valence-electron chi connectivity index (χ4n) is 3.09. The number of aromatic nitrogens is 6. The number of aliphatic hydroxyl groups is 1. The number of hydrogen-bond acceptors (Lipinski definition) is 8. The monoisotopic (exact) mass is 494 g/mol. The number of alkyl halides is 3. The molecule has 4 N–H and O–H groups in total. The Morgan fingerprint density at radius 1 is 1.11 bits per heavy atom. The maximum atomic E-state index is 14.2. The number of hydrogen-bond donors (Lipinski definition) is 3. The van der Waals surface area contributed by atoms with E-state index in [0.717, 1.165) is 0 Å². The Morgan fingerprint density at radius 3 is 2.54 bits per heavy atom. The van der Waals surface area contributed by atoms with Crippen LogP contribution < -0.4 is 11.1 Å². The molecule has 0 fully saturated rings. The number of nitrogens with one attached hydrogen (secondary N) is 1. The third-order valence-electron chi connectivity index (χ3n) is 5.01. The van der Waals surface area contributed by atoms with E-state index in [1.807, 2.05) is 5.32 Å². The van der Waals surface area contributed by atoms with Crippen LogP contribution in [0.3, 0.4) is 0 Å². The van der Waals surface area contributed by atoms with Crippen LogP contribution in [0.1, 0.15) is 11.3 Å². The minimum absolute atomic E-state index is 0.00619. The fraction of sp³-hybridized carbons (Fsp3) is 0.200. The molecule has 182 valence electrons. The van der Waals surface area contributed by atoms with Crippen LogP contribution in [-0.4, -0.2) is 58.9 Å². The zero-order chi connectivity index (χ0) is 25.4. The molecule has 3 aromatic heterocycles. The maximum Gasteiger partial charge on any atom is 0.428 e. The minimum Gasteiger partial charge on any atom is -0.371 e. The zero-order valence-electron chi connectivity index (χ0n) is 17.5. The normalized spacial score (nSPS) is 13.5. The molecule has 1 amide bonds. The molecule has 0 saturated carbocycles. The van der Waals surface area contributed by atoms with Crippen LogP contribution in [0.2, 0.25) is 0 Å². The molecular weight excluding hydrogens is 479 g/mol. The molecule has 1 aromatic carbocycles. The van der Waals surface area contributed by atoms with Gasteiger partial charge in [0.2, 0.25) is 0 Å². The topological polar surface area (TPSA) is 144 Å². The number of nitrogens with zero attached hydrogens (tertiary/aromatic N) is 6. The average Bonchev–Trinajstić information content (AvgIpc) is 3.28. The quantitative estimate of drug-likeness (QED) is 0.329. The highest BCUT2D eigenvalue weighted by Crippen LogP contribution is 2.31. The molecule has 10 nitrogen and oxygen atoms in total. The summed E-state index contributed by atoms with van der Waals surface area (Å²) in [5.74, 6) is -4.72. The number of anilines is 1. The lowest BCUT2D eigenvalue weighted by molar-refractivity contribution is -0.245. The van der Waals surface area contributed by atoms with Crippen molar-refractivity contribution in [1.82, 2.24) is 29.5 Å². The Hall–Kier alpha value is -4.27. The summed E-state index contributed by atoms with van der Waals surface area (Å²) in [5.41, 5.74) is 1.60. The number of benzene rings is 1. The van der Waals surface area contributed by atoms with Crippen molar-refractivity contribution < 1.29 is 31.9 Å². The second kappa shape index (κ2) is 8.83. The summed E-state index contributed by atoms with van der Waals surface area (Å²) in [5, 5.41) is 15.6. The van der Waals surface area contributed by atoms with Crippen LogP contribution in [-0.2, 0) is 11.2 Å². The summed E-state index contributed by atoms with van der Waals surface area (Å²) in [6.45, 7) is -1.51. The predicted octanol–water partition coefficient (Wildman–Crippen LogP) is 1.64. The van der Waals surface area contributed by atoms with Crippen LogP contribution in [0.15, 0.2) is 43.0 Å². The molecule has 0 saturated heterocycles. The van der Waals surface area contributed by atoms with Gasteiger partial charge in [-0.2, -0.15) is 18.3 Å². The SMILES string of the molecule is NC(=O)[C@](O)(CNc1nc(-c2cn3ncnc3c(Cc3ccccc3F)n2)ncc1F)C(F)(F)F. The van der Waals surface area contributed by atoms with Gasteiger partial charge in [-0.25, -0.2) is 33.2 Å². The third-order valence-corrected chi connectivity index (χ3v) is 5.01. The highest BCUT2D eigenvalue weighted by Gasteiger charge is 2.58. The van der Waals surface area contributed by atoms with Gasteiger partial charge in [-0.3, -0.25) is 4.79 Å². The Morgan fingerprint density at radius 2 is 1.86 bits per heavy atom. The van der Waals surface area contributed by atoms with Gasteiger partial charge in [0.05, 0.1) is 24.6 Å². The number of halogens is 5. The molecule has 1 atom stereocenters. The van der Waals surface area contributed by atoms with E-state index >= 15 is 0 Å². The highest BCUT2D eigenvalue weighted by atomic mass is 19.4. The van der Waals surface area contributed by atoms with E-state index in [1.165, 1.54) is 29.2 Å². The minimum atomic E-state index is -5.43. The first kappa shape index (κ1) is 23.9. The molecule has 0 aliphatic heterocycles. The van der Waals surface area contributed by atoms with E-state index < -0.39 is 41.7 Å². The molecule has 0 radical (unpaired) electrons. The Bertz CT molecular complexity index is 1410. The Balaban J connectivity index is 1.70. The lowest BCUT2D eigenvalue weighted by atomic mass is 10.0. The Labute approximate surface area is 192 Å². The molecule has 0 aliphatic rings. The molecule has 35 heavy (non-hydrogen) atoms. The number of amides is 1. The summed E-state index contributed by atoms with van der Waals surface area (Å²) in [6, 6.07) is 5.98. The first-order valence-electron chi connectivity index (χ1n) is 9.78. The summed E-state index contributed by atoms with van der Waals surface area (Å²) in [7, 11) is 0. The van der Waals surface area contributed by atoms with E-state index in [2.05, 4.69) is 30.8 Å². The summed E-state index contributed by atoms with van der Waals surface area (Å²) in [4.78, 5) is 27.3. The lowest BCUT2D eigenvalue weighted by Gasteiger charge is -2.27. The average molecular weight is 494 g/mol. The van der Waals surface area contributed by atoms with Gasteiger partial charge in [0.25, 0.3) is 11.5 Å². The van der Waals surface area contributed by atoms with E-state index in [9.17, 15) is 31.9 Å². The molecule has 3 heterocycles. The van der Waals surface area contributed by atoms with Gasteiger partial charge in [-0.15, -0.1) is 0 Å². The number of carbonyl (C=O) groups excluding carboxylic acids is 1. The first-order chi connectivity index (χ1) is 16.5. The van der Waals surface area contributed by atoms with E-state index in [0.29, 0.717) is 17.4 Å². The van der Waals surface area contributed by atoms with Crippen molar-refractivity contribution in [2.75, 3.05) is 11.9 Å². The summed E-state index contributed by atoms with van der Waals surface area (Å²) in [6.07, 6.45) is -2.21. The molecular formula is C20H15F5N8O2. The molecule has 0 aliphatic carbocycles. The fourth-order valence-corrected chi connectivity index (χ4v) is 3.09. The first-order valence-corrected chi connectivity index (χ1v) is 9.78. The third kappa shape index (κ3) is 4.57. The highest BCUT2D eigenvalue weighted by molar-refractivity contribution is 5.85. The van der Waals surface area contributed by atoms with Crippen molar-refractivity contribution in [3.05, 3.63) is 65.9 Å². The Kier molecular flexibility index (Phi) is 6.02. The molecule has 15 heteroatoms. The van der Waals surface area contributed by atoms with Gasteiger partial charge in [0.1, 0.15) is 17.8 Å². The van der Waals surface area contributed by atoms with Gasteiger partial charge in [0, 0.05) is 6.42 Å². The molecule has 4 aromatic rings. The molecule has 0 spiro atoms. The standard InChI is InChI=1S/C20H15F5N8O2/c21-11-4-2-1-3-10(11)5-13-17-29-9-30-33(17)7-14(31-13)16-27-6-12(22)15(32-16)28-8-19(35,18(26)34)20(23,24)25/h1-4,6-7,9,35H,5,8H2,(H2,26,34)(H,27,28,32)/t19-/m1/s1. The van der Waals surface area contributed by atoms with Gasteiger partial charge in [-0.05, 0) is 11.6 Å². The van der Waals surface area contributed by atoms with Gasteiger partial charge >= 0.3 is 6.18 Å². The second-order valence-corrected chi connectivity index (χ2v) is 7.34. The molecule has 0 bridgehead atoms. The van der Waals surface area contributed by atoms with E-state index in [4.69, 9.17) is 0 Å². The molecule has 4 rings (SSSR count). The van der Waals surface area contributed by atoms with Crippen LogP contribution in [0.4, 0.5) is 27.8 Å². The van der Waals surface area contributed by atoms with Crippen LogP contribution >= 0.6 is 0 Å². The van der Waals surface area contributed by atoms with Gasteiger partial charge in [0.15, 0.2) is 23.1 Å². The summed E-state index contributed by atoms with van der Waals surface area (Å²) >= 11 is 0. The number of nitrogens with two attached hydrogens (primary N) is 1. The lowest BCUT2D eigenvalue weighted by Crippen LogP contribution is -2.59. The maximum absolute atomic E-state index is 14.2. The van der Waals surface area contributed by atoms with Crippen molar-refractivity contribution in [2.45, 2.75) is 18.2 Å². The number of primary amides is 1. The predicted molar refractivity (Wildman–Crippen MR) is 110 cm³/mol. The van der Waals surface area contributed by atoms with Crippen LogP contribution in [0, 0.1) is 11.6 Å². The van der Waals surface area contributed by atoms with Crippen molar-refractivity contribution >= 4 is 17.4 Å². The van der Waals surface area contributed by atoms with Gasteiger partial charge in [-0.1, -0.05) is 18.2 Å². The molecule has 0 unspecified atom stereocenters. The smallest absolute Gasteiger partial charge is 0.371 e. The van der Waals surface area contributed by atoms with Crippen LogP contribution in [0.5, 0.6) is 0 Å².